The Morgan fingerprint density at radius 1 is 1.00 bits per heavy atom. The zero-order valence-corrected chi connectivity index (χ0v) is 17.6. The lowest BCUT2D eigenvalue weighted by Crippen LogP contribution is -2.39. The zero-order chi connectivity index (χ0) is 20.7. The highest BCUT2D eigenvalue weighted by atomic mass is 32.2. The van der Waals surface area contributed by atoms with Crippen molar-refractivity contribution in [2.75, 3.05) is 10.8 Å². The summed E-state index contributed by atoms with van der Waals surface area (Å²) in [5.74, 6) is -0.489. The molecule has 0 aliphatic heterocycles. The van der Waals surface area contributed by atoms with E-state index in [1.807, 2.05) is 33.8 Å². The smallest absolute Gasteiger partial charge is 0.264 e. The molecule has 0 bridgehead atoms. The van der Waals surface area contributed by atoms with E-state index in [4.69, 9.17) is 0 Å². The SMILES string of the molecule is CCC(CC)=NNC(=O)CN(c1ccc(C)c(C)c1)S(=O)(=O)c1ccccc1. The Morgan fingerprint density at radius 3 is 2.21 bits per heavy atom. The fourth-order valence-corrected chi connectivity index (χ4v) is 4.06. The van der Waals surface area contributed by atoms with Gasteiger partial charge in [-0.05, 0) is 62.1 Å². The van der Waals surface area contributed by atoms with Crippen LogP contribution in [0.25, 0.3) is 0 Å². The number of hydrogen-bond donors (Lipinski definition) is 1. The zero-order valence-electron chi connectivity index (χ0n) is 16.8. The van der Waals surface area contributed by atoms with Crippen molar-refractivity contribution in [2.45, 2.75) is 45.4 Å². The number of hydrazone groups is 1. The summed E-state index contributed by atoms with van der Waals surface area (Å²) in [4.78, 5) is 12.6. The van der Waals surface area contributed by atoms with Gasteiger partial charge in [-0.25, -0.2) is 13.8 Å². The molecule has 0 spiro atoms. The number of rotatable bonds is 8. The van der Waals surface area contributed by atoms with Crippen molar-refractivity contribution in [2.24, 2.45) is 5.10 Å². The van der Waals surface area contributed by atoms with Gasteiger partial charge in [0.2, 0.25) is 0 Å². The third kappa shape index (κ3) is 5.19. The summed E-state index contributed by atoms with van der Waals surface area (Å²) in [5, 5.41) is 4.09. The van der Waals surface area contributed by atoms with Gasteiger partial charge in [0.25, 0.3) is 15.9 Å². The summed E-state index contributed by atoms with van der Waals surface area (Å²) in [6.07, 6.45) is 1.44. The van der Waals surface area contributed by atoms with Crippen LogP contribution in [0.4, 0.5) is 5.69 Å². The highest BCUT2D eigenvalue weighted by Gasteiger charge is 2.27. The molecule has 2 rings (SSSR count). The lowest BCUT2D eigenvalue weighted by Gasteiger charge is -2.24. The summed E-state index contributed by atoms with van der Waals surface area (Å²) in [7, 11) is -3.90. The highest BCUT2D eigenvalue weighted by Crippen LogP contribution is 2.25. The standard InChI is InChI=1S/C21H27N3O3S/c1-5-18(6-2)22-23-21(25)15-24(19-13-12-16(3)17(4)14-19)28(26,27)20-10-8-7-9-11-20/h7-14H,5-6,15H2,1-4H3,(H,23,25). The first kappa shape index (κ1) is 21.6. The predicted molar refractivity (Wildman–Crippen MR) is 113 cm³/mol. The van der Waals surface area contributed by atoms with Crippen LogP contribution in [0, 0.1) is 13.8 Å². The molecule has 0 aromatic heterocycles. The normalized spacial score (nSPS) is 11.0. The van der Waals surface area contributed by atoms with Gasteiger partial charge in [-0.15, -0.1) is 0 Å². The average Bonchev–Trinajstić information content (AvgIpc) is 2.69. The summed E-state index contributed by atoms with van der Waals surface area (Å²) in [6, 6.07) is 13.4. The van der Waals surface area contributed by atoms with Gasteiger partial charge in [-0.1, -0.05) is 38.1 Å². The second kappa shape index (κ2) is 9.50. The molecular weight excluding hydrogens is 374 g/mol. The van der Waals surface area contributed by atoms with E-state index in [0.29, 0.717) is 5.69 Å². The lowest BCUT2D eigenvalue weighted by molar-refractivity contribution is -0.119. The molecule has 0 saturated heterocycles. The molecule has 0 radical (unpaired) electrons. The van der Waals surface area contributed by atoms with E-state index in [9.17, 15) is 13.2 Å². The number of amides is 1. The van der Waals surface area contributed by atoms with Crippen LogP contribution in [0.15, 0.2) is 58.5 Å². The Balaban J connectivity index is 2.41. The third-order valence-corrected chi connectivity index (χ3v) is 6.34. The Morgan fingerprint density at radius 2 is 1.64 bits per heavy atom. The Kier molecular flexibility index (Phi) is 7.34. The summed E-state index contributed by atoms with van der Waals surface area (Å²) >= 11 is 0. The van der Waals surface area contributed by atoms with E-state index >= 15 is 0 Å². The molecule has 1 amide bonds. The molecule has 2 aromatic carbocycles. The van der Waals surface area contributed by atoms with Crippen LogP contribution in [0.5, 0.6) is 0 Å². The molecule has 0 aliphatic rings. The van der Waals surface area contributed by atoms with Crippen molar-refractivity contribution in [1.82, 2.24) is 5.43 Å². The van der Waals surface area contributed by atoms with Crippen LogP contribution in [-0.2, 0) is 14.8 Å². The molecule has 150 valence electrons. The van der Waals surface area contributed by atoms with E-state index in [1.165, 1.54) is 12.1 Å². The maximum atomic E-state index is 13.2. The number of hydrogen-bond acceptors (Lipinski definition) is 4. The molecule has 0 saturated carbocycles. The number of aryl methyl sites for hydroxylation is 2. The number of benzene rings is 2. The van der Waals surface area contributed by atoms with Crippen molar-refractivity contribution < 1.29 is 13.2 Å². The van der Waals surface area contributed by atoms with Crippen LogP contribution in [0.2, 0.25) is 0 Å². The first-order chi connectivity index (χ1) is 13.3. The number of nitrogens with one attached hydrogen (secondary N) is 1. The van der Waals surface area contributed by atoms with Gasteiger partial charge < -0.3 is 0 Å². The topological polar surface area (TPSA) is 78.8 Å². The summed E-state index contributed by atoms with van der Waals surface area (Å²) in [5.41, 5.74) is 5.76. The number of carbonyl (C=O) groups is 1. The first-order valence-electron chi connectivity index (χ1n) is 9.28. The van der Waals surface area contributed by atoms with Crippen molar-refractivity contribution in [3.63, 3.8) is 0 Å². The van der Waals surface area contributed by atoms with Crippen LogP contribution < -0.4 is 9.73 Å². The minimum atomic E-state index is -3.90. The van der Waals surface area contributed by atoms with E-state index < -0.39 is 15.9 Å². The van der Waals surface area contributed by atoms with E-state index in [0.717, 1.165) is 34.0 Å². The van der Waals surface area contributed by atoms with Gasteiger partial charge in [0, 0.05) is 5.71 Å². The first-order valence-corrected chi connectivity index (χ1v) is 10.7. The van der Waals surface area contributed by atoms with Crippen LogP contribution in [0.1, 0.15) is 37.8 Å². The van der Waals surface area contributed by atoms with Gasteiger partial charge in [0.15, 0.2) is 0 Å². The molecule has 0 heterocycles. The van der Waals surface area contributed by atoms with Crippen LogP contribution in [0.3, 0.4) is 0 Å². The van der Waals surface area contributed by atoms with Crippen LogP contribution in [-0.4, -0.2) is 26.6 Å². The molecule has 7 heteroatoms. The number of sulfonamides is 1. The minimum absolute atomic E-state index is 0.132. The molecule has 0 fully saturated rings. The molecule has 0 aliphatic carbocycles. The molecule has 1 N–H and O–H groups in total. The second-order valence-corrected chi connectivity index (χ2v) is 8.38. The monoisotopic (exact) mass is 401 g/mol. The van der Waals surface area contributed by atoms with Gasteiger partial charge in [0.1, 0.15) is 6.54 Å². The number of nitrogens with zero attached hydrogens (tertiary/aromatic N) is 2. The minimum Gasteiger partial charge on any atom is -0.271 e. The molecule has 2 aromatic rings. The molecule has 28 heavy (non-hydrogen) atoms. The van der Waals surface area contributed by atoms with Gasteiger partial charge in [-0.2, -0.15) is 5.10 Å². The average molecular weight is 402 g/mol. The third-order valence-electron chi connectivity index (χ3n) is 4.55. The molecule has 6 nitrogen and oxygen atoms in total. The molecular formula is C21H27N3O3S. The Bertz CT molecular complexity index is 948. The van der Waals surface area contributed by atoms with Gasteiger partial charge in [0.05, 0.1) is 10.6 Å². The fraction of sp³-hybridized carbons (Fsp3) is 0.333. The molecule has 0 atom stereocenters. The van der Waals surface area contributed by atoms with E-state index in [-0.39, 0.29) is 11.4 Å². The number of anilines is 1. The van der Waals surface area contributed by atoms with Crippen molar-refractivity contribution >= 4 is 27.3 Å². The Hall–Kier alpha value is -2.67. The maximum absolute atomic E-state index is 13.2. The summed E-state index contributed by atoms with van der Waals surface area (Å²) < 4.78 is 27.6. The summed E-state index contributed by atoms with van der Waals surface area (Å²) in [6.45, 7) is 7.41. The largest absolute Gasteiger partial charge is 0.271 e. The van der Waals surface area contributed by atoms with E-state index in [1.54, 1.807) is 30.3 Å². The van der Waals surface area contributed by atoms with Crippen LogP contribution >= 0.6 is 0 Å². The maximum Gasteiger partial charge on any atom is 0.264 e. The van der Waals surface area contributed by atoms with Gasteiger partial charge in [-0.3, -0.25) is 9.10 Å². The molecule has 0 unspecified atom stereocenters. The van der Waals surface area contributed by atoms with Gasteiger partial charge >= 0.3 is 0 Å². The van der Waals surface area contributed by atoms with E-state index in [2.05, 4.69) is 10.5 Å². The predicted octanol–water partition coefficient (Wildman–Crippen LogP) is 3.79. The van der Waals surface area contributed by atoms with Crippen molar-refractivity contribution in [3.8, 4) is 0 Å². The lowest BCUT2D eigenvalue weighted by atomic mass is 10.1. The van der Waals surface area contributed by atoms with Crippen molar-refractivity contribution in [1.29, 1.82) is 0 Å². The van der Waals surface area contributed by atoms with Crippen molar-refractivity contribution in [3.05, 3.63) is 59.7 Å². The quantitative estimate of drug-likeness (QED) is 0.540. The Labute approximate surface area is 167 Å². The second-order valence-electron chi connectivity index (χ2n) is 6.51. The highest BCUT2D eigenvalue weighted by molar-refractivity contribution is 7.92. The number of carbonyl (C=O) groups excluding carboxylic acids is 1. The fourth-order valence-electron chi connectivity index (χ4n) is 2.63.